The quantitative estimate of drug-likeness (QED) is 0.597. The molecule has 0 radical (unpaired) electrons. The number of nitrogens with one attached hydrogen (secondary N) is 2. The molecule has 2 aromatic rings. The van der Waals surface area contributed by atoms with Gasteiger partial charge in [0, 0.05) is 42.4 Å². The molecule has 1 unspecified atom stereocenters. The monoisotopic (exact) mass is 347 g/mol. The normalized spacial score (nSPS) is 12.7. The van der Waals surface area contributed by atoms with Crippen LogP contribution < -0.4 is 10.6 Å². The minimum Gasteiger partial charge on any atom is -0.355 e. The molecule has 2 rings (SSSR count). The Kier molecular flexibility index (Phi) is 7.42. The van der Waals surface area contributed by atoms with E-state index in [9.17, 15) is 8.60 Å². The first kappa shape index (κ1) is 18.1. The molecule has 1 atom stereocenters. The number of halogens is 1. The highest BCUT2D eigenvalue weighted by molar-refractivity contribution is 7.84. The van der Waals surface area contributed by atoms with Crippen LogP contribution >= 0.6 is 0 Å². The van der Waals surface area contributed by atoms with Crippen molar-refractivity contribution in [2.75, 3.05) is 19.3 Å². The van der Waals surface area contributed by atoms with E-state index in [4.69, 9.17) is 0 Å². The minimum atomic E-state index is -0.919. The van der Waals surface area contributed by atoms with Crippen LogP contribution in [0.1, 0.15) is 11.1 Å². The van der Waals surface area contributed by atoms with Crippen LogP contribution in [-0.2, 0) is 23.1 Å². The maximum absolute atomic E-state index is 12.9. The van der Waals surface area contributed by atoms with Gasteiger partial charge in [-0.25, -0.2) is 4.39 Å². The molecule has 0 spiro atoms. The summed E-state index contributed by atoms with van der Waals surface area (Å²) in [6.45, 7) is 1.12. The molecular formula is C18H22FN3OS. The van der Waals surface area contributed by atoms with Crippen LogP contribution in [0.2, 0.25) is 0 Å². The molecular weight excluding hydrogens is 325 g/mol. The van der Waals surface area contributed by atoms with Crippen LogP contribution in [0.25, 0.3) is 0 Å². The third-order valence-corrected chi connectivity index (χ3v) is 4.70. The van der Waals surface area contributed by atoms with Gasteiger partial charge in [-0.15, -0.1) is 0 Å². The average Bonchev–Trinajstić information content (AvgIpc) is 2.60. The fourth-order valence-electron chi connectivity index (χ4n) is 2.12. The number of nitrogens with zero attached hydrogens (tertiary/aromatic N) is 1. The SMILES string of the molecule is CN=C(NCCS(=O)Cc1ccccc1)NCc1ccc(F)cc1. The van der Waals surface area contributed by atoms with Crippen LogP contribution in [0.3, 0.4) is 0 Å². The molecule has 0 heterocycles. The number of hydrogen-bond donors (Lipinski definition) is 2. The first-order chi connectivity index (χ1) is 11.7. The lowest BCUT2D eigenvalue weighted by molar-refractivity contribution is 0.626. The van der Waals surface area contributed by atoms with Gasteiger partial charge in [-0.1, -0.05) is 42.5 Å². The average molecular weight is 347 g/mol. The molecule has 0 saturated heterocycles. The molecule has 0 aliphatic rings. The van der Waals surface area contributed by atoms with Crippen molar-refractivity contribution in [3.05, 3.63) is 71.5 Å². The summed E-state index contributed by atoms with van der Waals surface area (Å²) in [7, 11) is 0.763. The topological polar surface area (TPSA) is 53.5 Å². The summed E-state index contributed by atoms with van der Waals surface area (Å²) >= 11 is 0. The second-order valence-electron chi connectivity index (χ2n) is 5.25. The van der Waals surface area contributed by atoms with Crippen LogP contribution in [-0.4, -0.2) is 29.5 Å². The molecule has 2 aromatic carbocycles. The van der Waals surface area contributed by atoms with E-state index in [0.29, 0.717) is 30.6 Å². The molecule has 0 amide bonds. The lowest BCUT2D eigenvalue weighted by Gasteiger charge is -2.12. The van der Waals surface area contributed by atoms with Crippen molar-refractivity contribution in [2.45, 2.75) is 12.3 Å². The predicted octanol–water partition coefficient (Wildman–Crippen LogP) is 2.44. The van der Waals surface area contributed by atoms with Gasteiger partial charge in [-0.3, -0.25) is 9.20 Å². The third-order valence-electron chi connectivity index (χ3n) is 3.39. The molecule has 0 aliphatic heterocycles. The first-order valence-electron chi connectivity index (χ1n) is 7.75. The number of benzene rings is 2. The van der Waals surface area contributed by atoms with Crippen LogP contribution in [0.5, 0.6) is 0 Å². The highest BCUT2D eigenvalue weighted by atomic mass is 32.2. The summed E-state index contributed by atoms with van der Waals surface area (Å²) in [5, 5.41) is 6.29. The zero-order chi connectivity index (χ0) is 17.2. The Labute approximate surface area is 144 Å². The Bertz CT molecular complexity index is 674. The van der Waals surface area contributed by atoms with Gasteiger partial charge in [-0.2, -0.15) is 0 Å². The van der Waals surface area contributed by atoms with Crippen molar-refractivity contribution in [1.29, 1.82) is 0 Å². The molecule has 0 bridgehead atoms. The molecule has 0 aromatic heterocycles. The van der Waals surface area contributed by atoms with Crippen molar-refractivity contribution in [3.63, 3.8) is 0 Å². The fraction of sp³-hybridized carbons (Fsp3) is 0.278. The van der Waals surface area contributed by atoms with E-state index >= 15 is 0 Å². The van der Waals surface area contributed by atoms with Gasteiger partial charge in [0.1, 0.15) is 5.82 Å². The first-order valence-corrected chi connectivity index (χ1v) is 9.24. The highest BCUT2D eigenvalue weighted by Gasteiger charge is 2.03. The lowest BCUT2D eigenvalue weighted by Crippen LogP contribution is -2.38. The smallest absolute Gasteiger partial charge is 0.191 e. The largest absolute Gasteiger partial charge is 0.355 e. The molecule has 128 valence electrons. The van der Waals surface area contributed by atoms with Gasteiger partial charge in [0.15, 0.2) is 5.96 Å². The van der Waals surface area contributed by atoms with Gasteiger partial charge in [0.05, 0.1) is 0 Å². The summed E-state index contributed by atoms with van der Waals surface area (Å²) < 4.78 is 24.9. The second-order valence-corrected chi connectivity index (χ2v) is 6.83. The Morgan fingerprint density at radius 3 is 2.42 bits per heavy atom. The van der Waals surface area contributed by atoms with E-state index < -0.39 is 10.8 Å². The number of aliphatic imine (C=N–C) groups is 1. The highest BCUT2D eigenvalue weighted by Crippen LogP contribution is 2.03. The molecule has 0 saturated carbocycles. The van der Waals surface area contributed by atoms with Crippen molar-refractivity contribution >= 4 is 16.8 Å². The van der Waals surface area contributed by atoms with Crippen molar-refractivity contribution in [3.8, 4) is 0 Å². The molecule has 0 fully saturated rings. The standard InChI is InChI=1S/C18H22FN3OS/c1-20-18(22-13-15-7-9-17(19)10-8-15)21-11-12-24(23)14-16-5-3-2-4-6-16/h2-10H,11-14H2,1H3,(H2,20,21,22). The summed E-state index contributed by atoms with van der Waals surface area (Å²) in [5.41, 5.74) is 2.04. The number of guanidine groups is 1. The zero-order valence-electron chi connectivity index (χ0n) is 13.7. The Balaban J connectivity index is 1.69. The van der Waals surface area contributed by atoms with Gasteiger partial charge in [-0.05, 0) is 23.3 Å². The van der Waals surface area contributed by atoms with Crippen LogP contribution in [0.4, 0.5) is 4.39 Å². The van der Waals surface area contributed by atoms with Gasteiger partial charge >= 0.3 is 0 Å². The van der Waals surface area contributed by atoms with E-state index in [-0.39, 0.29) is 5.82 Å². The van der Waals surface area contributed by atoms with E-state index in [1.54, 1.807) is 19.2 Å². The fourth-order valence-corrected chi connectivity index (χ4v) is 3.16. The maximum atomic E-state index is 12.9. The van der Waals surface area contributed by atoms with Crippen molar-refractivity contribution in [1.82, 2.24) is 10.6 Å². The van der Waals surface area contributed by atoms with Gasteiger partial charge < -0.3 is 10.6 Å². The van der Waals surface area contributed by atoms with Crippen molar-refractivity contribution in [2.24, 2.45) is 4.99 Å². The zero-order valence-corrected chi connectivity index (χ0v) is 14.5. The molecule has 0 aliphatic carbocycles. The van der Waals surface area contributed by atoms with Crippen LogP contribution in [0, 0.1) is 5.82 Å². The van der Waals surface area contributed by atoms with E-state index in [1.165, 1.54) is 12.1 Å². The number of rotatable bonds is 7. The van der Waals surface area contributed by atoms with E-state index in [0.717, 1.165) is 11.1 Å². The summed E-state index contributed by atoms with van der Waals surface area (Å²) in [4.78, 5) is 4.12. The Hall–Kier alpha value is -2.21. The Morgan fingerprint density at radius 1 is 1.04 bits per heavy atom. The van der Waals surface area contributed by atoms with E-state index in [1.807, 2.05) is 30.3 Å². The number of hydrogen-bond acceptors (Lipinski definition) is 2. The Morgan fingerprint density at radius 2 is 1.75 bits per heavy atom. The summed E-state index contributed by atoms with van der Waals surface area (Å²) in [6.07, 6.45) is 0. The third kappa shape index (κ3) is 6.50. The summed E-state index contributed by atoms with van der Waals surface area (Å²) in [5.74, 6) is 1.49. The maximum Gasteiger partial charge on any atom is 0.191 e. The van der Waals surface area contributed by atoms with Gasteiger partial charge in [0.25, 0.3) is 0 Å². The lowest BCUT2D eigenvalue weighted by atomic mass is 10.2. The van der Waals surface area contributed by atoms with Gasteiger partial charge in [0.2, 0.25) is 0 Å². The molecule has 4 nitrogen and oxygen atoms in total. The van der Waals surface area contributed by atoms with Crippen LogP contribution in [0.15, 0.2) is 59.6 Å². The molecule has 6 heteroatoms. The summed E-state index contributed by atoms with van der Waals surface area (Å²) in [6, 6.07) is 16.1. The minimum absolute atomic E-state index is 0.248. The molecule has 2 N–H and O–H groups in total. The van der Waals surface area contributed by atoms with E-state index in [2.05, 4.69) is 15.6 Å². The predicted molar refractivity (Wildman–Crippen MR) is 97.8 cm³/mol. The second kappa shape index (κ2) is 9.82. The molecule has 24 heavy (non-hydrogen) atoms. The van der Waals surface area contributed by atoms with Crippen molar-refractivity contribution < 1.29 is 8.60 Å².